The van der Waals surface area contributed by atoms with E-state index in [1.165, 1.54) is 31.4 Å². The summed E-state index contributed by atoms with van der Waals surface area (Å²) in [6.45, 7) is 0.0428. The molecule has 0 spiro atoms. The normalized spacial score (nSPS) is 10.0. The highest BCUT2D eigenvalue weighted by Gasteiger charge is 2.09. The topological polar surface area (TPSA) is 108 Å². The highest BCUT2D eigenvalue weighted by atomic mass is 16.5. The first kappa shape index (κ1) is 17.1. The third kappa shape index (κ3) is 4.64. The number of hydrogen-bond acceptors (Lipinski definition) is 5. The van der Waals surface area contributed by atoms with Crippen LogP contribution in [0.1, 0.15) is 15.9 Å². The number of carbonyl (C=O) groups excluding carboxylic acids is 2. The largest absolute Gasteiger partial charge is 0.508 e. The van der Waals surface area contributed by atoms with Crippen LogP contribution in [-0.2, 0) is 11.3 Å². The number of carbonyl (C=O) groups is 2. The van der Waals surface area contributed by atoms with Crippen molar-refractivity contribution in [2.24, 2.45) is 0 Å². The Hall–Kier alpha value is -3.22. The van der Waals surface area contributed by atoms with Gasteiger partial charge in [0.1, 0.15) is 5.75 Å². The molecule has 4 N–H and O–H groups in total. The van der Waals surface area contributed by atoms with Crippen molar-refractivity contribution in [2.75, 3.05) is 13.7 Å². The Balaban J connectivity index is 1.82. The van der Waals surface area contributed by atoms with E-state index >= 15 is 0 Å². The van der Waals surface area contributed by atoms with Gasteiger partial charge in [0.25, 0.3) is 5.91 Å². The van der Waals surface area contributed by atoms with Crippen molar-refractivity contribution >= 4 is 11.8 Å². The van der Waals surface area contributed by atoms with Gasteiger partial charge in [0.2, 0.25) is 5.91 Å². The fourth-order valence-electron chi connectivity index (χ4n) is 2.00. The summed E-state index contributed by atoms with van der Waals surface area (Å²) in [5.74, 6) is -0.499. The molecule has 0 saturated carbocycles. The number of amides is 2. The first-order valence-electron chi connectivity index (χ1n) is 7.19. The van der Waals surface area contributed by atoms with Gasteiger partial charge in [-0.05, 0) is 35.9 Å². The molecule has 0 aliphatic rings. The minimum atomic E-state index is -0.452. The zero-order chi connectivity index (χ0) is 17.5. The SMILES string of the molecule is COc1cc(CNC(=O)CNC(=O)c2cccc(O)c2)ccc1O. The lowest BCUT2D eigenvalue weighted by Crippen LogP contribution is -2.36. The van der Waals surface area contributed by atoms with Gasteiger partial charge in [0.05, 0.1) is 13.7 Å². The lowest BCUT2D eigenvalue weighted by atomic mass is 10.2. The summed E-state index contributed by atoms with van der Waals surface area (Å²) in [5.41, 5.74) is 1.02. The molecule has 7 heteroatoms. The van der Waals surface area contributed by atoms with E-state index in [1.807, 2.05) is 0 Å². The number of nitrogens with one attached hydrogen (secondary N) is 2. The number of ether oxygens (including phenoxy) is 1. The zero-order valence-electron chi connectivity index (χ0n) is 13.1. The van der Waals surface area contributed by atoms with Crippen LogP contribution < -0.4 is 15.4 Å². The van der Waals surface area contributed by atoms with Crippen molar-refractivity contribution in [1.29, 1.82) is 0 Å². The summed E-state index contributed by atoms with van der Waals surface area (Å²) >= 11 is 0. The number of hydrogen-bond donors (Lipinski definition) is 4. The molecule has 7 nitrogen and oxygen atoms in total. The molecule has 0 aromatic heterocycles. The van der Waals surface area contributed by atoms with E-state index in [0.717, 1.165) is 5.56 Å². The van der Waals surface area contributed by atoms with E-state index in [1.54, 1.807) is 18.2 Å². The van der Waals surface area contributed by atoms with Gasteiger partial charge in [-0.15, -0.1) is 0 Å². The third-order valence-corrected chi connectivity index (χ3v) is 3.25. The van der Waals surface area contributed by atoms with Gasteiger partial charge in [-0.25, -0.2) is 0 Å². The van der Waals surface area contributed by atoms with Crippen LogP contribution in [-0.4, -0.2) is 35.7 Å². The Morgan fingerprint density at radius 3 is 2.58 bits per heavy atom. The Bertz CT molecular complexity index is 746. The molecule has 2 amide bonds. The quantitative estimate of drug-likeness (QED) is 0.635. The molecule has 2 rings (SSSR count). The summed E-state index contributed by atoms with van der Waals surface area (Å²) in [6.07, 6.45) is 0. The van der Waals surface area contributed by atoms with Crippen molar-refractivity contribution < 1.29 is 24.5 Å². The van der Waals surface area contributed by atoms with Crippen LogP contribution >= 0.6 is 0 Å². The third-order valence-electron chi connectivity index (χ3n) is 3.25. The highest BCUT2D eigenvalue weighted by molar-refractivity contribution is 5.96. The lowest BCUT2D eigenvalue weighted by molar-refractivity contribution is -0.120. The van der Waals surface area contributed by atoms with Gasteiger partial charge in [0.15, 0.2) is 11.5 Å². The lowest BCUT2D eigenvalue weighted by Gasteiger charge is -2.09. The van der Waals surface area contributed by atoms with Gasteiger partial charge in [-0.1, -0.05) is 12.1 Å². The molecule has 0 atom stereocenters. The summed E-state index contributed by atoms with van der Waals surface area (Å²) < 4.78 is 4.99. The second-order valence-electron chi connectivity index (χ2n) is 5.02. The summed E-state index contributed by atoms with van der Waals surface area (Å²) in [7, 11) is 1.44. The molecule has 0 bridgehead atoms. The monoisotopic (exact) mass is 330 g/mol. The van der Waals surface area contributed by atoms with E-state index in [4.69, 9.17) is 4.74 Å². The van der Waals surface area contributed by atoms with Gasteiger partial charge in [-0.3, -0.25) is 9.59 Å². The van der Waals surface area contributed by atoms with E-state index in [0.29, 0.717) is 5.75 Å². The van der Waals surface area contributed by atoms with E-state index in [-0.39, 0.29) is 36.1 Å². The molecular weight excluding hydrogens is 312 g/mol. The Morgan fingerprint density at radius 1 is 1.08 bits per heavy atom. The highest BCUT2D eigenvalue weighted by Crippen LogP contribution is 2.26. The zero-order valence-corrected chi connectivity index (χ0v) is 13.1. The smallest absolute Gasteiger partial charge is 0.251 e. The molecule has 0 unspecified atom stereocenters. The second-order valence-corrected chi connectivity index (χ2v) is 5.02. The summed E-state index contributed by atoms with van der Waals surface area (Å²) in [6, 6.07) is 10.6. The molecule has 0 heterocycles. The van der Waals surface area contributed by atoms with Crippen molar-refractivity contribution in [3.05, 3.63) is 53.6 Å². The van der Waals surface area contributed by atoms with Gasteiger partial charge < -0.3 is 25.6 Å². The maximum Gasteiger partial charge on any atom is 0.251 e. The fraction of sp³-hybridized carbons (Fsp3) is 0.176. The Morgan fingerprint density at radius 2 is 1.88 bits per heavy atom. The van der Waals surface area contributed by atoms with E-state index in [2.05, 4.69) is 10.6 Å². The molecule has 0 aliphatic carbocycles. The van der Waals surface area contributed by atoms with Crippen LogP contribution in [0.2, 0.25) is 0 Å². The van der Waals surface area contributed by atoms with Crippen LogP contribution in [0, 0.1) is 0 Å². The fourth-order valence-corrected chi connectivity index (χ4v) is 2.00. The summed E-state index contributed by atoms with van der Waals surface area (Å²) in [4.78, 5) is 23.6. The standard InChI is InChI=1S/C17H18N2O5/c1-24-15-7-11(5-6-14(15)21)9-18-16(22)10-19-17(23)12-3-2-4-13(20)8-12/h2-8,20-21H,9-10H2,1H3,(H,18,22)(H,19,23). The number of phenols is 2. The molecule has 0 saturated heterocycles. The Labute approximate surface area is 138 Å². The minimum Gasteiger partial charge on any atom is -0.508 e. The van der Waals surface area contributed by atoms with E-state index in [9.17, 15) is 19.8 Å². The van der Waals surface area contributed by atoms with Crippen molar-refractivity contribution in [1.82, 2.24) is 10.6 Å². The molecule has 0 aliphatic heterocycles. The Kier molecular flexibility index (Phi) is 5.62. The molecule has 0 fully saturated rings. The number of phenolic OH excluding ortho intramolecular Hbond substituents is 2. The molecule has 2 aromatic carbocycles. The van der Waals surface area contributed by atoms with Crippen LogP contribution in [0.15, 0.2) is 42.5 Å². The predicted octanol–water partition coefficient (Wildman–Crippen LogP) is 1.15. The maximum atomic E-state index is 11.9. The molecular formula is C17H18N2O5. The first-order chi connectivity index (χ1) is 11.5. The van der Waals surface area contributed by atoms with Crippen LogP contribution in [0.5, 0.6) is 17.2 Å². The molecule has 126 valence electrons. The minimum absolute atomic E-state index is 0.0194. The van der Waals surface area contributed by atoms with Gasteiger partial charge in [0, 0.05) is 12.1 Å². The average Bonchev–Trinajstić information content (AvgIpc) is 2.58. The molecule has 24 heavy (non-hydrogen) atoms. The first-order valence-corrected chi connectivity index (χ1v) is 7.19. The van der Waals surface area contributed by atoms with Crippen LogP contribution in [0.3, 0.4) is 0 Å². The van der Waals surface area contributed by atoms with Crippen molar-refractivity contribution in [2.45, 2.75) is 6.54 Å². The number of methoxy groups -OCH3 is 1. The van der Waals surface area contributed by atoms with Crippen LogP contribution in [0.25, 0.3) is 0 Å². The second kappa shape index (κ2) is 7.87. The van der Waals surface area contributed by atoms with Crippen molar-refractivity contribution in [3.63, 3.8) is 0 Å². The maximum absolute atomic E-state index is 11.9. The van der Waals surface area contributed by atoms with Crippen LogP contribution in [0.4, 0.5) is 0 Å². The van der Waals surface area contributed by atoms with Crippen molar-refractivity contribution in [3.8, 4) is 17.2 Å². The summed E-state index contributed by atoms with van der Waals surface area (Å²) in [5, 5.41) is 23.9. The molecule has 2 aromatic rings. The molecule has 0 radical (unpaired) electrons. The predicted molar refractivity (Wildman–Crippen MR) is 86.9 cm³/mol. The number of benzene rings is 2. The number of rotatable bonds is 6. The average molecular weight is 330 g/mol. The van der Waals surface area contributed by atoms with Gasteiger partial charge in [-0.2, -0.15) is 0 Å². The number of aromatic hydroxyl groups is 2. The van der Waals surface area contributed by atoms with E-state index < -0.39 is 5.91 Å². The van der Waals surface area contributed by atoms with Gasteiger partial charge >= 0.3 is 0 Å².